The van der Waals surface area contributed by atoms with Crippen molar-refractivity contribution >= 4 is 17.4 Å². The van der Waals surface area contributed by atoms with Crippen LogP contribution in [0.2, 0.25) is 0 Å². The Kier molecular flexibility index (Phi) is 5.69. The Hall–Kier alpha value is -3.33. The lowest BCUT2D eigenvalue weighted by Gasteiger charge is -2.30. The van der Waals surface area contributed by atoms with Gasteiger partial charge in [-0.2, -0.15) is 13.2 Å². The van der Waals surface area contributed by atoms with Crippen LogP contribution in [-0.4, -0.2) is 40.2 Å². The van der Waals surface area contributed by atoms with E-state index in [2.05, 4.69) is 15.3 Å². The molecule has 1 aromatic carbocycles. The Labute approximate surface area is 176 Å². The lowest BCUT2D eigenvalue weighted by Crippen LogP contribution is -2.36. The van der Waals surface area contributed by atoms with Crippen molar-refractivity contribution in [2.24, 2.45) is 0 Å². The molecule has 0 bridgehead atoms. The van der Waals surface area contributed by atoms with E-state index < -0.39 is 23.3 Å². The second-order valence-corrected chi connectivity index (χ2v) is 7.41. The maximum absolute atomic E-state index is 13.5. The molecule has 3 aromatic rings. The first-order chi connectivity index (χ1) is 14.8. The molecule has 9 heteroatoms. The number of piperidine rings is 1. The van der Waals surface area contributed by atoms with Gasteiger partial charge in [-0.3, -0.25) is 4.79 Å². The third kappa shape index (κ3) is 4.72. The number of aliphatic hydroxyl groups is 1. The number of aromatic amines is 1. The molecule has 6 nitrogen and oxygen atoms in total. The maximum Gasteiger partial charge on any atom is 0.418 e. The van der Waals surface area contributed by atoms with E-state index in [1.54, 1.807) is 42.5 Å². The van der Waals surface area contributed by atoms with Crippen LogP contribution in [0.5, 0.6) is 0 Å². The second kappa shape index (κ2) is 8.43. The summed E-state index contributed by atoms with van der Waals surface area (Å²) in [7, 11) is 0. The predicted molar refractivity (Wildman–Crippen MR) is 111 cm³/mol. The van der Waals surface area contributed by atoms with E-state index in [1.165, 1.54) is 6.20 Å². The Morgan fingerprint density at radius 2 is 1.84 bits per heavy atom. The number of aliphatic hydroxyl groups excluding tert-OH is 1. The highest BCUT2D eigenvalue weighted by atomic mass is 19.4. The Bertz CT molecular complexity index is 1040. The zero-order valence-corrected chi connectivity index (χ0v) is 16.5. The second-order valence-electron chi connectivity index (χ2n) is 7.41. The van der Waals surface area contributed by atoms with E-state index in [9.17, 15) is 23.1 Å². The molecule has 1 amide bonds. The number of rotatable bonds is 4. The van der Waals surface area contributed by atoms with Crippen LogP contribution in [-0.2, 0) is 6.18 Å². The largest absolute Gasteiger partial charge is 0.418 e. The first-order valence-electron chi connectivity index (χ1n) is 9.87. The predicted octanol–water partition coefficient (Wildman–Crippen LogP) is 4.31. The van der Waals surface area contributed by atoms with Gasteiger partial charge in [0.15, 0.2) is 0 Å². The van der Waals surface area contributed by atoms with Crippen LogP contribution in [0.25, 0.3) is 11.3 Å². The summed E-state index contributed by atoms with van der Waals surface area (Å²) in [5, 5.41) is 12.1. The lowest BCUT2D eigenvalue weighted by molar-refractivity contribution is -0.137. The highest BCUT2D eigenvalue weighted by Crippen LogP contribution is 2.35. The minimum absolute atomic E-state index is 0.207. The van der Waals surface area contributed by atoms with Crippen molar-refractivity contribution in [1.29, 1.82) is 0 Å². The topological polar surface area (TPSA) is 81.2 Å². The number of amides is 1. The monoisotopic (exact) mass is 430 g/mol. The van der Waals surface area contributed by atoms with Gasteiger partial charge in [-0.25, -0.2) is 4.98 Å². The summed E-state index contributed by atoms with van der Waals surface area (Å²) in [5.74, 6) is -0.211. The van der Waals surface area contributed by atoms with Crippen LogP contribution < -0.4 is 10.2 Å². The van der Waals surface area contributed by atoms with Gasteiger partial charge in [-0.15, -0.1) is 0 Å². The molecule has 0 saturated carbocycles. The molecule has 3 heterocycles. The molecule has 31 heavy (non-hydrogen) atoms. The van der Waals surface area contributed by atoms with Gasteiger partial charge in [0.05, 0.1) is 23.6 Å². The average molecular weight is 430 g/mol. The molecule has 4 rings (SSSR count). The molecule has 162 valence electrons. The van der Waals surface area contributed by atoms with Gasteiger partial charge in [0.1, 0.15) is 11.5 Å². The molecule has 2 aromatic heterocycles. The number of aromatic nitrogens is 2. The number of anilines is 2. The fourth-order valence-electron chi connectivity index (χ4n) is 3.57. The number of carbonyl (C=O) groups excluding carboxylic acids is 1. The number of benzene rings is 1. The number of nitrogens with zero attached hydrogens (tertiary/aromatic N) is 2. The van der Waals surface area contributed by atoms with Crippen molar-refractivity contribution in [2.45, 2.75) is 25.1 Å². The first kappa shape index (κ1) is 20.9. The normalized spacial score (nSPS) is 15.2. The smallest absolute Gasteiger partial charge is 0.393 e. The van der Waals surface area contributed by atoms with Gasteiger partial charge in [-0.1, -0.05) is 30.3 Å². The molecular formula is C22H21F3N4O2. The third-order valence-corrected chi connectivity index (χ3v) is 5.23. The molecule has 0 radical (unpaired) electrons. The van der Waals surface area contributed by atoms with Gasteiger partial charge < -0.3 is 20.3 Å². The zero-order valence-electron chi connectivity index (χ0n) is 16.5. The van der Waals surface area contributed by atoms with Gasteiger partial charge in [0.2, 0.25) is 0 Å². The molecule has 1 aliphatic heterocycles. The van der Waals surface area contributed by atoms with Crippen molar-refractivity contribution in [1.82, 2.24) is 9.97 Å². The summed E-state index contributed by atoms with van der Waals surface area (Å²) in [6, 6.07) is 12.7. The van der Waals surface area contributed by atoms with Crippen molar-refractivity contribution in [3.8, 4) is 11.3 Å². The average Bonchev–Trinajstić information content (AvgIpc) is 3.22. The van der Waals surface area contributed by atoms with Crippen LogP contribution in [0.4, 0.5) is 24.7 Å². The van der Waals surface area contributed by atoms with Gasteiger partial charge in [-0.05, 0) is 36.6 Å². The number of halogens is 3. The highest BCUT2D eigenvalue weighted by molar-refractivity contribution is 6.04. The van der Waals surface area contributed by atoms with Crippen LogP contribution >= 0.6 is 0 Å². The molecule has 0 unspecified atom stereocenters. The van der Waals surface area contributed by atoms with E-state index >= 15 is 0 Å². The lowest BCUT2D eigenvalue weighted by atomic mass is 10.1. The molecule has 1 saturated heterocycles. The third-order valence-electron chi connectivity index (χ3n) is 5.23. The van der Waals surface area contributed by atoms with Crippen molar-refractivity contribution in [2.75, 3.05) is 23.3 Å². The van der Waals surface area contributed by atoms with Crippen LogP contribution in [0.1, 0.15) is 28.9 Å². The van der Waals surface area contributed by atoms with E-state index in [1.807, 2.05) is 4.90 Å². The minimum atomic E-state index is -4.68. The molecule has 1 fully saturated rings. The van der Waals surface area contributed by atoms with Crippen LogP contribution in [0.3, 0.4) is 0 Å². The molecule has 0 aliphatic carbocycles. The highest BCUT2D eigenvalue weighted by Gasteiger charge is 2.37. The summed E-state index contributed by atoms with van der Waals surface area (Å²) in [4.78, 5) is 21.6. The van der Waals surface area contributed by atoms with Crippen molar-refractivity contribution < 1.29 is 23.1 Å². The number of H-pyrrole nitrogens is 1. The number of nitrogens with one attached hydrogen (secondary N) is 2. The Balaban J connectivity index is 1.53. The molecular weight excluding hydrogens is 409 g/mol. The Morgan fingerprint density at radius 1 is 1.13 bits per heavy atom. The molecule has 1 aliphatic rings. The molecule has 3 N–H and O–H groups in total. The molecule has 0 spiro atoms. The number of carbonyl (C=O) groups is 1. The standard InChI is InChI=1S/C22H21F3N4O2/c23-22(24,25)17-12-18(14-4-2-1-3-5-14)28-20(17)21(31)27-15-6-7-19(26-13-15)29-10-8-16(30)9-11-29/h1-7,12-13,16,28,30H,8-11H2,(H,27,31). The number of alkyl halides is 3. The summed E-state index contributed by atoms with van der Waals surface area (Å²) in [6.07, 6.45) is -2.28. The summed E-state index contributed by atoms with van der Waals surface area (Å²) >= 11 is 0. The number of pyridine rings is 1. The SMILES string of the molecule is O=C(Nc1ccc(N2CCC(O)CC2)nc1)c1[nH]c(-c2ccccc2)cc1C(F)(F)F. The number of hydrogen-bond acceptors (Lipinski definition) is 4. The van der Waals surface area contributed by atoms with Gasteiger partial charge in [0, 0.05) is 18.8 Å². The Morgan fingerprint density at radius 3 is 2.45 bits per heavy atom. The van der Waals surface area contributed by atoms with Gasteiger partial charge in [0.25, 0.3) is 5.91 Å². The molecule has 0 atom stereocenters. The van der Waals surface area contributed by atoms with E-state index in [0.29, 0.717) is 37.3 Å². The fraction of sp³-hybridized carbons (Fsp3) is 0.273. The van der Waals surface area contributed by atoms with Crippen molar-refractivity contribution in [3.63, 3.8) is 0 Å². The fourth-order valence-corrected chi connectivity index (χ4v) is 3.57. The number of hydrogen-bond donors (Lipinski definition) is 3. The van der Waals surface area contributed by atoms with Crippen molar-refractivity contribution in [3.05, 3.63) is 66.0 Å². The summed E-state index contributed by atoms with van der Waals surface area (Å²) in [5.41, 5.74) is -0.543. The van der Waals surface area contributed by atoms with E-state index in [-0.39, 0.29) is 17.5 Å². The van der Waals surface area contributed by atoms with E-state index in [4.69, 9.17) is 0 Å². The van der Waals surface area contributed by atoms with Crippen LogP contribution in [0.15, 0.2) is 54.7 Å². The quantitative estimate of drug-likeness (QED) is 0.576. The van der Waals surface area contributed by atoms with Crippen LogP contribution in [0, 0.1) is 0 Å². The van der Waals surface area contributed by atoms with Gasteiger partial charge >= 0.3 is 6.18 Å². The summed E-state index contributed by atoms with van der Waals surface area (Å²) in [6.45, 7) is 1.33. The first-order valence-corrected chi connectivity index (χ1v) is 9.87. The minimum Gasteiger partial charge on any atom is -0.393 e. The summed E-state index contributed by atoms with van der Waals surface area (Å²) < 4.78 is 40.6. The maximum atomic E-state index is 13.5. The van der Waals surface area contributed by atoms with E-state index in [0.717, 1.165) is 6.07 Å². The zero-order chi connectivity index (χ0) is 22.0.